The highest BCUT2D eigenvalue weighted by atomic mass is 31.2. The summed E-state index contributed by atoms with van der Waals surface area (Å²) >= 11 is 0. The van der Waals surface area contributed by atoms with Crippen LogP contribution >= 0.6 is 7.82 Å². The molecule has 0 saturated heterocycles. The zero-order valence-corrected chi connectivity index (χ0v) is 25.0. The molecule has 0 radical (unpaired) electrons. The van der Waals surface area contributed by atoms with Crippen LogP contribution in [0.15, 0.2) is 0 Å². The minimum Gasteiger partial charge on any atom is -0.463 e. The molecule has 0 heterocycles. The van der Waals surface area contributed by atoms with Crippen LogP contribution in [0.1, 0.15) is 136 Å². The van der Waals surface area contributed by atoms with Gasteiger partial charge in [-0.15, -0.1) is 0 Å². The van der Waals surface area contributed by atoms with Gasteiger partial charge < -0.3 is 20.1 Å². The normalized spacial score (nSPS) is 13.7. The molecule has 0 aliphatic rings. The molecule has 1 amide bonds. The maximum absolute atomic E-state index is 11.9. The second kappa shape index (κ2) is 26.2. The quantitative estimate of drug-likeness (QED) is 0.0550. The van der Waals surface area contributed by atoms with Crippen LogP contribution in [0.2, 0.25) is 0 Å². The van der Waals surface area contributed by atoms with Crippen LogP contribution in [-0.4, -0.2) is 54.3 Å². The van der Waals surface area contributed by atoms with Gasteiger partial charge in [-0.1, -0.05) is 110 Å². The summed E-state index contributed by atoms with van der Waals surface area (Å²) in [6.45, 7) is 3.42. The first-order chi connectivity index (χ1) is 18.3. The molecule has 0 aromatic heterocycles. The molecule has 226 valence electrons. The smallest absolute Gasteiger partial charge is 0.463 e. The first kappa shape index (κ1) is 37.0. The van der Waals surface area contributed by atoms with Gasteiger partial charge in [-0.2, -0.15) is 0 Å². The van der Waals surface area contributed by atoms with Gasteiger partial charge in [0.15, 0.2) is 0 Å². The average molecular weight is 566 g/mol. The lowest BCUT2D eigenvalue weighted by molar-refractivity contribution is -0.147. The number of hydrogen-bond donors (Lipinski definition) is 3. The van der Waals surface area contributed by atoms with E-state index in [0.29, 0.717) is 6.42 Å². The Morgan fingerprint density at radius 2 is 1.18 bits per heavy atom. The molecule has 9 nitrogen and oxygen atoms in total. The zero-order valence-electron chi connectivity index (χ0n) is 24.1. The number of nitrogens with one attached hydrogen (secondary N) is 1. The zero-order chi connectivity index (χ0) is 28.3. The summed E-state index contributed by atoms with van der Waals surface area (Å²) in [5, 5.41) is 12.5. The van der Waals surface area contributed by atoms with Crippen LogP contribution in [0.4, 0.5) is 0 Å². The fourth-order valence-electron chi connectivity index (χ4n) is 3.97. The molecule has 2 unspecified atom stereocenters. The molecule has 0 aliphatic heterocycles. The van der Waals surface area contributed by atoms with Crippen molar-refractivity contribution in [2.75, 3.05) is 26.4 Å². The molecule has 0 bridgehead atoms. The van der Waals surface area contributed by atoms with Crippen molar-refractivity contribution >= 4 is 19.7 Å². The molecule has 0 aliphatic carbocycles. The molecule has 0 aromatic carbocycles. The van der Waals surface area contributed by atoms with Crippen LogP contribution in [0, 0.1) is 0 Å². The maximum atomic E-state index is 11.9. The van der Waals surface area contributed by atoms with Crippen molar-refractivity contribution in [2.24, 2.45) is 0 Å². The van der Waals surface area contributed by atoms with Crippen LogP contribution in [0.25, 0.3) is 0 Å². The molecular formula is C28H56NO8P. The summed E-state index contributed by atoms with van der Waals surface area (Å²) in [6, 6.07) is 0. The largest absolute Gasteiger partial charge is 0.472 e. The second-order valence-corrected chi connectivity index (χ2v) is 11.5. The van der Waals surface area contributed by atoms with E-state index in [1.807, 2.05) is 0 Å². The molecule has 38 heavy (non-hydrogen) atoms. The lowest BCUT2D eigenvalue weighted by atomic mass is 10.0. The third-order valence-corrected chi connectivity index (χ3v) is 7.27. The van der Waals surface area contributed by atoms with Crippen molar-refractivity contribution in [3.8, 4) is 0 Å². The Morgan fingerprint density at radius 3 is 1.71 bits per heavy atom. The number of aliphatic hydroxyl groups excluding tert-OH is 1. The van der Waals surface area contributed by atoms with E-state index in [1.54, 1.807) is 0 Å². The number of hydrogen-bond acceptors (Lipinski definition) is 7. The number of unbranched alkanes of at least 4 members (excludes halogenated alkanes) is 15. The Hall–Kier alpha value is -0.990. The Morgan fingerprint density at radius 1 is 0.711 bits per heavy atom. The van der Waals surface area contributed by atoms with Gasteiger partial charge in [0.25, 0.3) is 0 Å². The van der Waals surface area contributed by atoms with Crippen LogP contribution in [-0.2, 0) is 27.9 Å². The summed E-state index contributed by atoms with van der Waals surface area (Å²) < 4.78 is 26.4. The van der Waals surface area contributed by atoms with Crippen molar-refractivity contribution in [1.82, 2.24) is 5.32 Å². The minimum atomic E-state index is -4.38. The van der Waals surface area contributed by atoms with E-state index < -0.39 is 26.5 Å². The van der Waals surface area contributed by atoms with Crippen molar-refractivity contribution in [3.63, 3.8) is 0 Å². The monoisotopic (exact) mass is 565 g/mol. The van der Waals surface area contributed by atoms with Crippen molar-refractivity contribution in [2.45, 2.75) is 142 Å². The van der Waals surface area contributed by atoms with Crippen LogP contribution < -0.4 is 5.32 Å². The van der Waals surface area contributed by atoms with Crippen LogP contribution in [0.3, 0.4) is 0 Å². The SMILES string of the molecule is CCCCCCCCCCCCCCC(=O)NCCOP(=O)(O)OCC(O)COC(=O)CCCCCCC. The first-order valence-corrected chi connectivity index (χ1v) is 16.5. The highest BCUT2D eigenvalue weighted by Crippen LogP contribution is 2.42. The van der Waals surface area contributed by atoms with Gasteiger partial charge in [0, 0.05) is 19.4 Å². The Bertz CT molecular complexity index is 620. The number of amides is 1. The predicted molar refractivity (Wildman–Crippen MR) is 151 cm³/mol. The Balaban J connectivity index is 3.63. The van der Waals surface area contributed by atoms with Crippen molar-refractivity contribution in [3.05, 3.63) is 0 Å². The number of esters is 1. The third-order valence-electron chi connectivity index (χ3n) is 6.29. The molecule has 10 heteroatoms. The molecule has 2 atom stereocenters. The lowest BCUT2D eigenvalue weighted by Crippen LogP contribution is -2.27. The summed E-state index contributed by atoms with van der Waals surface area (Å²) in [5.41, 5.74) is 0. The Labute approximate surface area is 231 Å². The highest BCUT2D eigenvalue weighted by molar-refractivity contribution is 7.47. The number of carbonyl (C=O) groups is 2. The van der Waals surface area contributed by atoms with Gasteiger partial charge in [-0.05, 0) is 12.8 Å². The average Bonchev–Trinajstić information content (AvgIpc) is 2.89. The molecular weight excluding hydrogens is 509 g/mol. The van der Waals surface area contributed by atoms with Gasteiger partial charge in [0.05, 0.1) is 13.2 Å². The second-order valence-electron chi connectivity index (χ2n) is 10.1. The van der Waals surface area contributed by atoms with Gasteiger partial charge in [-0.3, -0.25) is 18.6 Å². The molecule has 0 aromatic rings. The molecule has 3 N–H and O–H groups in total. The maximum Gasteiger partial charge on any atom is 0.472 e. The van der Waals surface area contributed by atoms with E-state index in [0.717, 1.165) is 51.4 Å². The standard InChI is InChI=1S/C28H56NO8P/c1-3-5-7-9-10-11-12-13-14-15-17-18-20-27(31)29-22-23-36-38(33,34)37-25-26(30)24-35-28(32)21-19-16-8-6-4-2/h26,30H,3-25H2,1-2H3,(H,29,31)(H,33,34). The summed E-state index contributed by atoms with van der Waals surface area (Å²) in [6.07, 6.45) is 19.3. The molecule has 0 spiro atoms. The number of aliphatic hydroxyl groups is 1. The van der Waals surface area contributed by atoms with Gasteiger partial charge in [0.2, 0.25) is 5.91 Å². The fourth-order valence-corrected chi connectivity index (χ4v) is 4.72. The molecule has 0 fully saturated rings. The number of carbonyl (C=O) groups excluding carboxylic acids is 2. The van der Waals surface area contributed by atoms with E-state index in [4.69, 9.17) is 13.8 Å². The number of rotatable bonds is 28. The van der Waals surface area contributed by atoms with Crippen molar-refractivity contribution in [1.29, 1.82) is 0 Å². The number of ether oxygens (including phenoxy) is 1. The topological polar surface area (TPSA) is 131 Å². The van der Waals surface area contributed by atoms with Gasteiger partial charge in [-0.25, -0.2) is 4.57 Å². The van der Waals surface area contributed by atoms with Crippen molar-refractivity contribution < 1.29 is 37.9 Å². The third kappa shape index (κ3) is 26.6. The Kier molecular flexibility index (Phi) is 25.6. The van der Waals surface area contributed by atoms with E-state index in [1.165, 1.54) is 57.8 Å². The molecule has 0 rings (SSSR count). The number of phosphoric acid groups is 1. The summed E-state index contributed by atoms with van der Waals surface area (Å²) in [7, 11) is -4.38. The van der Waals surface area contributed by atoms with Gasteiger partial charge in [0.1, 0.15) is 12.7 Å². The van der Waals surface area contributed by atoms with Gasteiger partial charge >= 0.3 is 13.8 Å². The predicted octanol–water partition coefficient (Wildman–Crippen LogP) is 6.59. The van der Waals surface area contributed by atoms with E-state index in [-0.39, 0.29) is 32.1 Å². The summed E-state index contributed by atoms with van der Waals surface area (Å²) in [5.74, 6) is -0.528. The van der Waals surface area contributed by atoms with Crippen LogP contribution in [0.5, 0.6) is 0 Å². The summed E-state index contributed by atoms with van der Waals surface area (Å²) in [4.78, 5) is 33.3. The highest BCUT2D eigenvalue weighted by Gasteiger charge is 2.23. The number of phosphoric ester groups is 1. The van der Waals surface area contributed by atoms with E-state index >= 15 is 0 Å². The van der Waals surface area contributed by atoms with E-state index in [9.17, 15) is 24.2 Å². The fraction of sp³-hybridized carbons (Fsp3) is 0.929. The first-order valence-electron chi connectivity index (χ1n) is 15.0. The molecule has 0 saturated carbocycles. The lowest BCUT2D eigenvalue weighted by Gasteiger charge is -2.15. The van der Waals surface area contributed by atoms with E-state index in [2.05, 4.69) is 19.2 Å². The minimum absolute atomic E-state index is 0.0867.